The van der Waals surface area contributed by atoms with Gasteiger partial charge < -0.3 is 15.7 Å². The van der Waals surface area contributed by atoms with E-state index in [1.165, 1.54) is 12.1 Å². The quantitative estimate of drug-likeness (QED) is 0.516. The number of aliphatic hydroxyl groups excluding tert-OH is 1. The van der Waals surface area contributed by atoms with Gasteiger partial charge in [-0.2, -0.15) is 13.2 Å². The minimum Gasteiger partial charge on any atom is -0.387 e. The molecule has 0 saturated heterocycles. The van der Waals surface area contributed by atoms with Crippen LogP contribution in [-0.4, -0.2) is 22.6 Å². The average molecular weight is 404 g/mol. The highest BCUT2D eigenvalue weighted by Crippen LogP contribution is 2.30. The molecule has 0 saturated carbocycles. The fourth-order valence-electron chi connectivity index (χ4n) is 2.11. The fraction of sp³-hybridized carbons (Fsp3) is 0.188. The molecule has 0 aliphatic heterocycles. The summed E-state index contributed by atoms with van der Waals surface area (Å²) in [7, 11) is 0. The van der Waals surface area contributed by atoms with Crippen molar-refractivity contribution in [2.24, 2.45) is 0 Å². The number of halogens is 4. The third-order valence-electron chi connectivity index (χ3n) is 3.47. The van der Waals surface area contributed by atoms with Gasteiger partial charge in [0, 0.05) is 18.7 Å². The molecular formula is C16H13ClF3N3O4. The highest BCUT2D eigenvalue weighted by Gasteiger charge is 2.30. The molecule has 2 amide bonds. The van der Waals surface area contributed by atoms with Gasteiger partial charge in [-0.05, 0) is 23.8 Å². The van der Waals surface area contributed by atoms with Crippen molar-refractivity contribution in [3.63, 3.8) is 0 Å². The molecule has 0 fully saturated rings. The van der Waals surface area contributed by atoms with Crippen LogP contribution in [0.5, 0.6) is 0 Å². The maximum atomic E-state index is 12.7. The number of nitro benzene ring substituents is 1. The molecule has 0 aromatic heterocycles. The van der Waals surface area contributed by atoms with Crippen LogP contribution in [0.1, 0.15) is 17.2 Å². The number of hydrogen-bond donors (Lipinski definition) is 3. The number of carbonyl (C=O) groups excluding carboxylic acids is 1. The number of nitrogens with zero attached hydrogens (tertiary/aromatic N) is 1. The van der Waals surface area contributed by atoms with Crippen molar-refractivity contribution in [1.29, 1.82) is 0 Å². The Morgan fingerprint density at radius 3 is 2.56 bits per heavy atom. The normalized spacial score (nSPS) is 12.3. The summed E-state index contributed by atoms with van der Waals surface area (Å²) in [6, 6.07) is 6.73. The molecule has 0 aliphatic carbocycles. The number of non-ortho nitro benzene ring substituents is 1. The molecule has 2 rings (SSSR count). The summed E-state index contributed by atoms with van der Waals surface area (Å²) >= 11 is 5.83. The largest absolute Gasteiger partial charge is 0.416 e. The number of nitrogens with one attached hydrogen (secondary N) is 2. The lowest BCUT2D eigenvalue weighted by Crippen LogP contribution is -2.32. The number of benzene rings is 2. The zero-order valence-electron chi connectivity index (χ0n) is 13.5. The Bertz CT molecular complexity index is 861. The molecular weight excluding hydrogens is 391 g/mol. The van der Waals surface area contributed by atoms with Gasteiger partial charge in [0.25, 0.3) is 5.69 Å². The molecule has 11 heteroatoms. The number of aliphatic hydroxyl groups is 1. The van der Waals surface area contributed by atoms with Gasteiger partial charge in [-0.25, -0.2) is 4.79 Å². The summed E-state index contributed by atoms with van der Waals surface area (Å²) in [5.74, 6) is 0. The lowest BCUT2D eigenvalue weighted by molar-refractivity contribution is -0.384. The molecule has 0 aliphatic rings. The molecule has 0 spiro atoms. The second-order valence-corrected chi connectivity index (χ2v) is 5.80. The van der Waals surface area contributed by atoms with Crippen LogP contribution in [0.3, 0.4) is 0 Å². The number of nitro groups is 1. The Labute approximate surface area is 155 Å². The van der Waals surface area contributed by atoms with E-state index in [0.717, 1.165) is 30.3 Å². The summed E-state index contributed by atoms with van der Waals surface area (Å²) in [4.78, 5) is 21.8. The van der Waals surface area contributed by atoms with Gasteiger partial charge in [0.1, 0.15) is 0 Å². The van der Waals surface area contributed by atoms with Gasteiger partial charge in [-0.15, -0.1) is 0 Å². The smallest absolute Gasteiger partial charge is 0.387 e. The number of urea groups is 1. The molecule has 144 valence electrons. The molecule has 2 aromatic carbocycles. The topological polar surface area (TPSA) is 104 Å². The number of anilines is 1. The van der Waals surface area contributed by atoms with Gasteiger partial charge in [0.05, 0.1) is 27.3 Å². The molecule has 7 nitrogen and oxygen atoms in total. The third kappa shape index (κ3) is 5.56. The van der Waals surface area contributed by atoms with Gasteiger partial charge in [0.15, 0.2) is 0 Å². The van der Waals surface area contributed by atoms with E-state index >= 15 is 0 Å². The average Bonchev–Trinajstić information content (AvgIpc) is 2.60. The van der Waals surface area contributed by atoms with Crippen LogP contribution in [0, 0.1) is 10.1 Å². The van der Waals surface area contributed by atoms with Crippen LogP contribution in [0.15, 0.2) is 42.5 Å². The molecule has 2 aromatic rings. The van der Waals surface area contributed by atoms with Gasteiger partial charge in [-0.3, -0.25) is 10.1 Å². The molecule has 1 atom stereocenters. The second-order valence-electron chi connectivity index (χ2n) is 5.40. The molecule has 27 heavy (non-hydrogen) atoms. The van der Waals surface area contributed by atoms with Crippen LogP contribution in [0.25, 0.3) is 0 Å². The van der Waals surface area contributed by atoms with Crippen molar-refractivity contribution in [2.75, 3.05) is 11.9 Å². The van der Waals surface area contributed by atoms with Crippen molar-refractivity contribution >= 4 is 29.0 Å². The SMILES string of the molecule is O=C(NCC(O)c1cccc(C(F)(F)F)c1)Nc1ccc([N+](=O)[O-])cc1Cl. The van der Waals surface area contributed by atoms with Crippen LogP contribution in [0.2, 0.25) is 5.02 Å². The first-order valence-corrected chi connectivity index (χ1v) is 7.79. The highest BCUT2D eigenvalue weighted by molar-refractivity contribution is 6.33. The van der Waals surface area contributed by atoms with Crippen molar-refractivity contribution in [3.8, 4) is 0 Å². The van der Waals surface area contributed by atoms with Gasteiger partial charge in [-0.1, -0.05) is 23.7 Å². The summed E-state index contributed by atoms with van der Waals surface area (Å²) in [6.45, 7) is -0.363. The highest BCUT2D eigenvalue weighted by atomic mass is 35.5. The summed E-state index contributed by atoms with van der Waals surface area (Å²) in [5, 5.41) is 25.1. The van der Waals surface area contributed by atoms with E-state index < -0.39 is 28.8 Å². The van der Waals surface area contributed by atoms with Crippen molar-refractivity contribution < 1.29 is 28.0 Å². The van der Waals surface area contributed by atoms with E-state index in [2.05, 4.69) is 10.6 Å². The maximum absolute atomic E-state index is 12.7. The lowest BCUT2D eigenvalue weighted by Gasteiger charge is -2.15. The van der Waals surface area contributed by atoms with E-state index in [-0.39, 0.29) is 28.5 Å². The number of rotatable bonds is 5. The first-order valence-electron chi connectivity index (χ1n) is 7.42. The van der Waals surface area contributed by atoms with Crippen molar-refractivity contribution in [2.45, 2.75) is 12.3 Å². The Morgan fingerprint density at radius 1 is 1.26 bits per heavy atom. The first-order chi connectivity index (χ1) is 12.6. The predicted octanol–water partition coefficient (Wildman–Crippen LogP) is 4.12. The zero-order valence-corrected chi connectivity index (χ0v) is 14.2. The van der Waals surface area contributed by atoms with Crippen molar-refractivity contribution in [3.05, 3.63) is 68.7 Å². The molecule has 3 N–H and O–H groups in total. The van der Waals surface area contributed by atoms with E-state index in [4.69, 9.17) is 11.6 Å². The fourth-order valence-corrected chi connectivity index (χ4v) is 2.34. The maximum Gasteiger partial charge on any atom is 0.416 e. The van der Waals surface area contributed by atoms with Crippen LogP contribution in [0.4, 0.5) is 29.3 Å². The number of carbonyl (C=O) groups is 1. The number of amides is 2. The first kappa shape index (κ1) is 20.5. The lowest BCUT2D eigenvalue weighted by atomic mass is 10.1. The number of alkyl halides is 3. The Morgan fingerprint density at radius 2 is 1.96 bits per heavy atom. The second kappa shape index (κ2) is 8.23. The third-order valence-corrected chi connectivity index (χ3v) is 3.78. The predicted molar refractivity (Wildman–Crippen MR) is 91.5 cm³/mol. The summed E-state index contributed by atoms with van der Waals surface area (Å²) in [5.41, 5.74) is -1.10. The Hall–Kier alpha value is -2.85. The Balaban J connectivity index is 1.96. The monoisotopic (exact) mass is 403 g/mol. The molecule has 0 radical (unpaired) electrons. The van der Waals surface area contributed by atoms with E-state index in [1.54, 1.807) is 0 Å². The molecule has 1 unspecified atom stereocenters. The van der Waals surface area contributed by atoms with E-state index in [1.807, 2.05) is 0 Å². The van der Waals surface area contributed by atoms with Gasteiger partial charge >= 0.3 is 12.2 Å². The molecule has 0 bridgehead atoms. The van der Waals surface area contributed by atoms with Crippen LogP contribution < -0.4 is 10.6 Å². The van der Waals surface area contributed by atoms with E-state index in [9.17, 15) is 33.2 Å². The standard InChI is InChI=1S/C16H13ClF3N3O4/c17-12-7-11(23(26)27)4-5-13(12)22-15(25)21-8-14(24)9-2-1-3-10(6-9)16(18,19)20/h1-7,14,24H,8H2,(H2,21,22,25). The molecule has 0 heterocycles. The number of hydrogen-bond acceptors (Lipinski definition) is 4. The summed E-state index contributed by atoms with van der Waals surface area (Å²) < 4.78 is 38.1. The minimum absolute atomic E-state index is 0.0153. The summed E-state index contributed by atoms with van der Waals surface area (Å²) in [6.07, 6.45) is -5.92. The zero-order chi connectivity index (χ0) is 20.2. The van der Waals surface area contributed by atoms with E-state index in [0.29, 0.717) is 0 Å². The van der Waals surface area contributed by atoms with Crippen molar-refractivity contribution in [1.82, 2.24) is 5.32 Å². The van der Waals surface area contributed by atoms with Gasteiger partial charge in [0.2, 0.25) is 0 Å². The van der Waals surface area contributed by atoms with Crippen LogP contribution >= 0.6 is 11.6 Å². The Kier molecular flexibility index (Phi) is 6.24. The minimum atomic E-state index is -4.55. The van der Waals surface area contributed by atoms with Crippen LogP contribution in [-0.2, 0) is 6.18 Å².